The van der Waals surface area contributed by atoms with Crippen molar-refractivity contribution in [3.63, 3.8) is 0 Å². The van der Waals surface area contributed by atoms with Crippen LogP contribution in [0.2, 0.25) is 0 Å². The summed E-state index contributed by atoms with van der Waals surface area (Å²) in [6.07, 6.45) is 4.37. The van der Waals surface area contributed by atoms with E-state index in [0.29, 0.717) is 12.6 Å². The van der Waals surface area contributed by atoms with Crippen LogP contribution in [0, 0.1) is 0 Å². The van der Waals surface area contributed by atoms with Crippen LogP contribution in [0.15, 0.2) is 10.7 Å². The molecule has 0 aliphatic carbocycles. The van der Waals surface area contributed by atoms with Crippen LogP contribution >= 0.6 is 0 Å². The Kier molecular flexibility index (Phi) is 3.79. The highest BCUT2D eigenvalue weighted by molar-refractivity contribution is 4.99. The van der Waals surface area contributed by atoms with E-state index in [-0.39, 0.29) is 6.10 Å². The second kappa shape index (κ2) is 5.32. The molecule has 5 nitrogen and oxygen atoms in total. The maximum Gasteiger partial charge on any atom is 0.394 e. The van der Waals surface area contributed by atoms with Gasteiger partial charge in [0.05, 0.1) is 5.69 Å². The lowest BCUT2D eigenvalue weighted by atomic mass is 10.1. The van der Waals surface area contributed by atoms with Gasteiger partial charge in [0, 0.05) is 19.6 Å². The average Bonchev–Trinajstić information content (AvgIpc) is 2.70. The highest BCUT2D eigenvalue weighted by Gasteiger charge is 2.19. The maximum absolute atomic E-state index is 5.70. The van der Waals surface area contributed by atoms with Crippen LogP contribution < -0.4 is 10.1 Å². The molecule has 1 aromatic heterocycles. The molecule has 5 heteroatoms. The van der Waals surface area contributed by atoms with Gasteiger partial charge in [-0.15, -0.1) is 0 Å². The Morgan fingerprint density at radius 2 is 2.31 bits per heavy atom. The fourth-order valence-electron chi connectivity index (χ4n) is 1.85. The van der Waals surface area contributed by atoms with Crippen molar-refractivity contribution >= 4 is 0 Å². The quantitative estimate of drug-likeness (QED) is 0.824. The molecule has 0 unspecified atom stereocenters. The smallest absolute Gasteiger partial charge is 0.394 e. The Hall–Kier alpha value is -1.07. The van der Waals surface area contributed by atoms with Crippen LogP contribution in [-0.2, 0) is 6.54 Å². The fraction of sp³-hybridized carbons (Fsp3) is 0.727. The van der Waals surface area contributed by atoms with E-state index < -0.39 is 0 Å². The molecule has 1 aliphatic rings. The lowest BCUT2D eigenvalue weighted by Crippen LogP contribution is -2.35. The topological polar surface area (TPSA) is 50.5 Å². The van der Waals surface area contributed by atoms with E-state index in [4.69, 9.17) is 9.15 Å². The molecule has 1 saturated heterocycles. The predicted molar refractivity (Wildman–Crippen MR) is 60.4 cm³/mol. The van der Waals surface area contributed by atoms with Crippen LogP contribution in [0.4, 0.5) is 0 Å². The van der Waals surface area contributed by atoms with Gasteiger partial charge in [-0.2, -0.15) is 4.98 Å². The molecule has 0 saturated carbocycles. The molecule has 1 fully saturated rings. The number of ether oxygens (including phenoxy) is 1. The molecule has 2 heterocycles. The summed E-state index contributed by atoms with van der Waals surface area (Å²) in [7, 11) is 4.01. The van der Waals surface area contributed by atoms with Crippen molar-refractivity contribution in [3.8, 4) is 6.08 Å². The Morgan fingerprint density at radius 3 is 3.00 bits per heavy atom. The lowest BCUT2D eigenvalue weighted by molar-refractivity contribution is 0.0847. The van der Waals surface area contributed by atoms with Crippen molar-refractivity contribution in [2.24, 2.45) is 0 Å². The fourth-order valence-corrected chi connectivity index (χ4v) is 1.85. The molecule has 16 heavy (non-hydrogen) atoms. The number of piperidine rings is 1. The normalized spacial score (nSPS) is 18.9. The lowest BCUT2D eigenvalue weighted by Gasteiger charge is -2.27. The van der Waals surface area contributed by atoms with Crippen molar-refractivity contribution in [1.82, 2.24) is 15.2 Å². The average molecular weight is 225 g/mol. The van der Waals surface area contributed by atoms with Crippen LogP contribution in [-0.4, -0.2) is 43.2 Å². The van der Waals surface area contributed by atoms with Crippen LogP contribution in [0.25, 0.3) is 0 Å². The minimum Gasteiger partial charge on any atom is -0.447 e. The van der Waals surface area contributed by atoms with Gasteiger partial charge in [0.15, 0.2) is 0 Å². The molecule has 90 valence electrons. The van der Waals surface area contributed by atoms with Crippen LogP contribution in [0.5, 0.6) is 6.08 Å². The minimum atomic E-state index is 0.247. The maximum atomic E-state index is 5.70. The Bertz CT molecular complexity index is 319. The molecular formula is C11H19N3O2. The number of nitrogens with one attached hydrogen (secondary N) is 1. The van der Waals surface area contributed by atoms with Crippen molar-refractivity contribution in [1.29, 1.82) is 0 Å². The van der Waals surface area contributed by atoms with Crippen molar-refractivity contribution in [2.75, 3.05) is 27.2 Å². The Balaban J connectivity index is 1.83. The summed E-state index contributed by atoms with van der Waals surface area (Å²) >= 11 is 0. The van der Waals surface area contributed by atoms with Crippen molar-refractivity contribution < 1.29 is 9.15 Å². The molecule has 1 N–H and O–H groups in total. The van der Waals surface area contributed by atoms with Gasteiger partial charge in [-0.05, 0) is 26.9 Å². The molecule has 0 radical (unpaired) electrons. The summed E-state index contributed by atoms with van der Waals surface area (Å²) in [5, 5.41) is 3.02. The van der Waals surface area contributed by atoms with Crippen LogP contribution in [0.1, 0.15) is 18.5 Å². The largest absolute Gasteiger partial charge is 0.447 e. The second-order valence-corrected chi connectivity index (χ2v) is 4.26. The van der Waals surface area contributed by atoms with E-state index in [1.165, 1.54) is 0 Å². The number of rotatable bonds is 4. The van der Waals surface area contributed by atoms with Gasteiger partial charge in [0.1, 0.15) is 12.4 Å². The SMILES string of the molecule is CNCc1coc(OC2CCN(C)CC2)n1. The third-order valence-corrected chi connectivity index (χ3v) is 2.82. The first-order valence-electron chi connectivity index (χ1n) is 5.72. The molecule has 1 aliphatic heterocycles. The summed E-state index contributed by atoms with van der Waals surface area (Å²) < 4.78 is 11.0. The number of aromatic nitrogens is 1. The zero-order valence-corrected chi connectivity index (χ0v) is 9.90. The third kappa shape index (κ3) is 2.96. The van der Waals surface area contributed by atoms with Gasteiger partial charge in [-0.1, -0.05) is 0 Å². The van der Waals surface area contributed by atoms with Gasteiger partial charge >= 0.3 is 6.08 Å². The van der Waals surface area contributed by atoms with E-state index in [1.807, 2.05) is 7.05 Å². The van der Waals surface area contributed by atoms with Gasteiger partial charge in [0.25, 0.3) is 0 Å². The molecule has 1 aromatic rings. The van der Waals surface area contributed by atoms with Gasteiger partial charge in [0.2, 0.25) is 0 Å². The zero-order valence-electron chi connectivity index (χ0n) is 9.90. The molecular weight excluding hydrogens is 206 g/mol. The Morgan fingerprint density at radius 1 is 1.56 bits per heavy atom. The van der Waals surface area contributed by atoms with E-state index >= 15 is 0 Å². The first-order chi connectivity index (χ1) is 7.78. The van der Waals surface area contributed by atoms with E-state index in [0.717, 1.165) is 31.6 Å². The van der Waals surface area contributed by atoms with Gasteiger partial charge in [-0.3, -0.25) is 0 Å². The number of oxazole rings is 1. The number of hydrogen-bond acceptors (Lipinski definition) is 5. The standard InChI is InChI=1S/C11H19N3O2/c1-12-7-9-8-15-11(13-9)16-10-3-5-14(2)6-4-10/h8,10,12H,3-7H2,1-2H3. The molecule has 0 atom stereocenters. The zero-order chi connectivity index (χ0) is 11.4. The minimum absolute atomic E-state index is 0.247. The van der Waals surface area contributed by atoms with Crippen molar-refractivity contribution in [3.05, 3.63) is 12.0 Å². The van der Waals surface area contributed by atoms with E-state index in [9.17, 15) is 0 Å². The molecule has 0 spiro atoms. The molecule has 2 rings (SSSR count). The number of hydrogen-bond donors (Lipinski definition) is 1. The van der Waals surface area contributed by atoms with Gasteiger partial charge < -0.3 is 19.4 Å². The summed E-state index contributed by atoms with van der Waals surface area (Å²) in [6, 6.07) is 0. The van der Waals surface area contributed by atoms with Crippen molar-refractivity contribution in [2.45, 2.75) is 25.5 Å². The van der Waals surface area contributed by atoms with Crippen LogP contribution in [0.3, 0.4) is 0 Å². The number of nitrogens with zero attached hydrogens (tertiary/aromatic N) is 2. The predicted octanol–water partition coefficient (Wildman–Crippen LogP) is 0.867. The molecule has 0 amide bonds. The first kappa shape index (κ1) is 11.4. The highest BCUT2D eigenvalue weighted by atomic mass is 16.6. The monoisotopic (exact) mass is 225 g/mol. The summed E-state index contributed by atoms with van der Waals surface area (Å²) in [4.78, 5) is 6.56. The van der Waals surface area contributed by atoms with Gasteiger partial charge in [-0.25, -0.2) is 0 Å². The highest BCUT2D eigenvalue weighted by Crippen LogP contribution is 2.17. The molecule has 0 aromatic carbocycles. The van der Waals surface area contributed by atoms with E-state index in [2.05, 4.69) is 22.2 Å². The number of likely N-dealkylation sites (tertiary alicyclic amines) is 1. The summed E-state index contributed by atoms with van der Waals surface area (Å²) in [5.41, 5.74) is 0.880. The summed E-state index contributed by atoms with van der Waals surface area (Å²) in [6.45, 7) is 2.86. The summed E-state index contributed by atoms with van der Waals surface area (Å²) in [5.74, 6) is 0. The second-order valence-electron chi connectivity index (χ2n) is 4.26. The Labute approximate surface area is 95.8 Å². The van der Waals surface area contributed by atoms with E-state index in [1.54, 1.807) is 6.26 Å². The third-order valence-electron chi connectivity index (χ3n) is 2.82. The first-order valence-corrected chi connectivity index (χ1v) is 5.72. The molecule has 0 bridgehead atoms.